The monoisotopic (exact) mass is 513 g/mol. The lowest BCUT2D eigenvalue weighted by atomic mass is 10.2. The number of halogens is 1. The first-order chi connectivity index (χ1) is 13.7. The Morgan fingerprint density at radius 3 is 2.48 bits per heavy atom. The van der Waals surface area contributed by atoms with Crippen LogP contribution in [0.4, 0.5) is 0 Å². The molecule has 6 nitrogen and oxygen atoms in total. The number of ether oxygens (including phenoxy) is 2. The standard InChI is InChI=1S/C22H31N3O3.HI/c1-3-23-22(24-13-14-28-21-11-9-18(2)10-12-21)25-15-20(26)17-27-16-19-7-5-4-6-8-19;/h4-12,20,26H,3,13-17H2,1-2H3,(H2,23,24,25);1H. The number of hydrogen-bond acceptors (Lipinski definition) is 4. The molecule has 1 unspecified atom stereocenters. The van der Waals surface area contributed by atoms with E-state index >= 15 is 0 Å². The molecule has 0 amide bonds. The number of aliphatic imine (C=N–C) groups is 1. The van der Waals surface area contributed by atoms with Crippen LogP contribution in [-0.4, -0.2) is 50.0 Å². The summed E-state index contributed by atoms with van der Waals surface area (Å²) in [6, 6.07) is 17.9. The number of benzene rings is 2. The summed E-state index contributed by atoms with van der Waals surface area (Å²) in [5, 5.41) is 16.4. The topological polar surface area (TPSA) is 75.1 Å². The largest absolute Gasteiger partial charge is 0.492 e. The van der Waals surface area contributed by atoms with Crippen molar-refractivity contribution in [2.75, 3.05) is 32.8 Å². The number of aliphatic hydroxyl groups excluding tert-OH is 1. The fourth-order valence-corrected chi connectivity index (χ4v) is 2.45. The number of guanidine groups is 1. The van der Waals surface area contributed by atoms with Gasteiger partial charge in [0.1, 0.15) is 12.4 Å². The van der Waals surface area contributed by atoms with Crippen LogP contribution in [0, 0.1) is 6.92 Å². The zero-order chi connectivity index (χ0) is 20.0. The molecular weight excluding hydrogens is 481 g/mol. The average Bonchev–Trinajstić information content (AvgIpc) is 2.71. The maximum Gasteiger partial charge on any atom is 0.191 e. The van der Waals surface area contributed by atoms with Gasteiger partial charge in [0.05, 0.1) is 32.4 Å². The molecule has 0 heterocycles. The molecule has 2 rings (SSSR count). The van der Waals surface area contributed by atoms with E-state index in [2.05, 4.69) is 15.6 Å². The predicted octanol–water partition coefficient (Wildman–Crippen LogP) is 3.12. The van der Waals surface area contributed by atoms with Crippen molar-refractivity contribution in [1.82, 2.24) is 10.6 Å². The first-order valence-corrected chi connectivity index (χ1v) is 9.68. The lowest BCUT2D eigenvalue weighted by molar-refractivity contribution is 0.0331. The van der Waals surface area contributed by atoms with Gasteiger partial charge in [0.15, 0.2) is 5.96 Å². The van der Waals surface area contributed by atoms with Crippen molar-refractivity contribution < 1.29 is 14.6 Å². The van der Waals surface area contributed by atoms with Gasteiger partial charge >= 0.3 is 0 Å². The molecule has 7 heteroatoms. The van der Waals surface area contributed by atoms with Crippen molar-refractivity contribution in [3.8, 4) is 5.75 Å². The van der Waals surface area contributed by atoms with Gasteiger partial charge in [-0.15, -0.1) is 24.0 Å². The molecule has 1 atom stereocenters. The highest BCUT2D eigenvalue weighted by Crippen LogP contribution is 2.10. The average molecular weight is 513 g/mol. The molecule has 0 aliphatic carbocycles. The minimum Gasteiger partial charge on any atom is -0.492 e. The third-order valence-electron chi connectivity index (χ3n) is 3.91. The third kappa shape index (κ3) is 11.1. The Morgan fingerprint density at radius 2 is 1.79 bits per heavy atom. The van der Waals surface area contributed by atoms with Gasteiger partial charge in [-0.25, -0.2) is 0 Å². The van der Waals surface area contributed by atoms with Gasteiger partial charge < -0.3 is 25.2 Å². The van der Waals surface area contributed by atoms with E-state index in [-0.39, 0.29) is 37.1 Å². The minimum absolute atomic E-state index is 0. The highest BCUT2D eigenvalue weighted by atomic mass is 127. The maximum atomic E-state index is 10.1. The SMILES string of the molecule is CCNC(=NCC(O)COCc1ccccc1)NCCOc1ccc(C)cc1.I. The zero-order valence-electron chi connectivity index (χ0n) is 17.1. The molecule has 0 spiro atoms. The molecule has 29 heavy (non-hydrogen) atoms. The van der Waals surface area contributed by atoms with Crippen LogP contribution in [0.2, 0.25) is 0 Å². The summed E-state index contributed by atoms with van der Waals surface area (Å²) in [6.07, 6.45) is -0.650. The molecule has 0 aromatic heterocycles. The zero-order valence-corrected chi connectivity index (χ0v) is 19.5. The van der Waals surface area contributed by atoms with Crippen LogP contribution in [0.25, 0.3) is 0 Å². The molecular formula is C22H32IN3O3. The molecule has 3 N–H and O–H groups in total. The van der Waals surface area contributed by atoms with Crippen LogP contribution in [0.3, 0.4) is 0 Å². The number of rotatable bonds is 11. The third-order valence-corrected chi connectivity index (χ3v) is 3.91. The van der Waals surface area contributed by atoms with Crippen LogP contribution >= 0.6 is 24.0 Å². The van der Waals surface area contributed by atoms with E-state index in [1.165, 1.54) is 5.56 Å². The molecule has 160 valence electrons. The van der Waals surface area contributed by atoms with Crippen molar-refractivity contribution in [1.29, 1.82) is 0 Å². The number of aryl methyl sites for hydroxylation is 1. The Bertz CT molecular complexity index is 696. The maximum absolute atomic E-state index is 10.1. The van der Waals surface area contributed by atoms with Crippen LogP contribution in [0.5, 0.6) is 5.75 Å². The Labute approximate surface area is 190 Å². The quantitative estimate of drug-likeness (QED) is 0.186. The molecule has 0 saturated carbocycles. The van der Waals surface area contributed by atoms with Gasteiger partial charge in [0.25, 0.3) is 0 Å². The number of hydrogen-bond donors (Lipinski definition) is 3. The summed E-state index contributed by atoms with van der Waals surface area (Å²) in [5.74, 6) is 1.50. The lowest BCUT2D eigenvalue weighted by Gasteiger charge is -2.14. The molecule has 0 aliphatic heterocycles. The van der Waals surface area contributed by atoms with Crippen molar-refractivity contribution in [2.45, 2.75) is 26.6 Å². The summed E-state index contributed by atoms with van der Waals surface area (Å²) in [4.78, 5) is 4.40. The first kappa shape index (κ1) is 25.2. The van der Waals surface area contributed by atoms with E-state index in [0.717, 1.165) is 17.9 Å². The Hall–Kier alpha value is -1.84. The summed E-state index contributed by atoms with van der Waals surface area (Å²) in [6.45, 7) is 6.92. The predicted molar refractivity (Wildman–Crippen MR) is 128 cm³/mol. The van der Waals surface area contributed by atoms with Crippen molar-refractivity contribution >= 4 is 29.9 Å². The van der Waals surface area contributed by atoms with E-state index in [1.54, 1.807) is 0 Å². The second kappa shape index (κ2) is 15.1. The molecule has 0 saturated heterocycles. The number of aliphatic hydroxyl groups is 1. The van der Waals surface area contributed by atoms with Gasteiger partial charge in [-0.05, 0) is 31.5 Å². The van der Waals surface area contributed by atoms with E-state index in [1.807, 2.05) is 68.4 Å². The Balaban J connectivity index is 0.00000420. The fourth-order valence-electron chi connectivity index (χ4n) is 2.45. The van der Waals surface area contributed by atoms with E-state index in [9.17, 15) is 5.11 Å². The highest BCUT2D eigenvalue weighted by Gasteiger charge is 2.05. The van der Waals surface area contributed by atoms with E-state index in [4.69, 9.17) is 9.47 Å². The summed E-state index contributed by atoms with van der Waals surface area (Å²) >= 11 is 0. The summed E-state index contributed by atoms with van der Waals surface area (Å²) in [5.41, 5.74) is 2.29. The summed E-state index contributed by atoms with van der Waals surface area (Å²) in [7, 11) is 0. The first-order valence-electron chi connectivity index (χ1n) is 9.68. The van der Waals surface area contributed by atoms with E-state index < -0.39 is 6.10 Å². The molecule has 2 aromatic carbocycles. The second-order valence-electron chi connectivity index (χ2n) is 6.46. The molecule has 0 radical (unpaired) electrons. The van der Waals surface area contributed by atoms with Crippen molar-refractivity contribution in [3.05, 3.63) is 65.7 Å². The van der Waals surface area contributed by atoms with Gasteiger partial charge in [-0.1, -0.05) is 48.0 Å². The normalized spacial score (nSPS) is 12.0. The molecule has 0 aliphatic rings. The fraction of sp³-hybridized carbons (Fsp3) is 0.409. The summed E-state index contributed by atoms with van der Waals surface area (Å²) < 4.78 is 11.2. The lowest BCUT2D eigenvalue weighted by Crippen LogP contribution is -2.40. The van der Waals surface area contributed by atoms with Crippen LogP contribution in [-0.2, 0) is 11.3 Å². The van der Waals surface area contributed by atoms with Gasteiger partial charge in [-0.3, -0.25) is 4.99 Å². The van der Waals surface area contributed by atoms with Crippen LogP contribution in [0.1, 0.15) is 18.1 Å². The van der Waals surface area contributed by atoms with E-state index in [0.29, 0.717) is 25.7 Å². The number of nitrogens with zero attached hydrogens (tertiary/aromatic N) is 1. The van der Waals surface area contributed by atoms with Gasteiger partial charge in [0, 0.05) is 6.54 Å². The highest BCUT2D eigenvalue weighted by molar-refractivity contribution is 14.0. The molecule has 0 bridgehead atoms. The Morgan fingerprint density at radius 1 is 1.07 bits per heavy atom. The number of nitrogens with one attached hydrogen (secondary N) is 2. The van der Waals surface area contributed by atoms with Gasteiger partial charge in [0.2, 0.25) is 0 Å². The van der Waals surface area contributed by atoms with Gasteiger partial charge in [-0.2, -0.15) is 0 Å². The molecule has 2 aromatic rings. The molecule has 0 fully saturated rings. The minimum atomic E-state index is -0.650. The van der Waals surface area contributed by atoms with Crippen LogP contribution in [0.15, 0.2) is 59.6 Å². The smallest absolute Gasteiger partial charge is 0.191 e. The van der Waals surface area contributed by atoms with Crippen LogP contribution < -0.4 is 15.4 Å². The van der Waals surface area contributed by atoms with Crippen molar-refractivity contribution in [3.63, 3.8) is 0 Å². The Kier molecular flexibility index (Phi) is 13.1. The van der Waals surface area contributed by atoms with Crippen molar-refractivity contribution in [2.24, 2.45) is 4.99 Å². The second-order valence-corrected chi connectivity index (χ2v) is 6.46.